The van der Waals surface area contributed by atoms with Crippen molar-refractivity contribution >= 4 is 16.7 Å². The number of ketones is 1. The molecule has 3 heterocycles. The molecule has 36 heavy (non-hydrogen) atoms. The molecule has 1 unspecified atom stereocenters. The van der Waals surface area contributed by atoms with Gasteiger partial charge >= 0.3 is 6.18 Å². The minimum absolute atomic E-state index is 0.0783. The lowest BCUT2D eigenvalue weighted by Crippen LogP contribution is -2.26. The van der Waals surface area contributed by atoms with Gasteiger partial charge in [-0.2, -0.15) is 18.3 Å². The van der Waals surface area contributed by atoms with Crippen molar-refractivity contribution in [3.63, 3.8) is 0 Å². The lowest BCUT2D eigenvalue weighted by Gasteiger charge is -2.24. The first-order valence-corrected chi connectivity index (χ1v) is 11.7. The molecule has 0 radical (unpaired) electrons. The quantitative estimate of drug-likeness (QED) is 0.372. The summed E-state index contributed by atoms with van der Waals surface area (Å²) >= 11 is 0. The molecule has 0 N–H and O–H groups in total. The molecule has 9 heteroatoms. The van der Waals surface area contributed by atoms with Crippen molar-refractivity contribution in [1.29, 1.82) is 0 Å². The van der Waals surface area contributed by atoms with Gasteiger partial charge in [0.2, 0.25) is 0 Å². The molecule has 0 aliphatic carbocycles. The summed E-state index contributed by atoms with van der Waals surface area (Å²) in [5, 5.41) is 4.99. The number of fused-ring (bicyclic) bond motifs is 2. The van der Waals surface area contributed by atoms with Gasteiger partial charge in [-0.3, -0.25) is 9.48 Å². The zero-order valence-corrected chi connectivity index (χ0v) is 20.5. The fraction of sp³-hybridized carbons (Fsp3) is 0.333. The smallest absolute Gasteiger partial charge is 0.303 e. The van der Waals surface area contributed by atoms with Crippen molar-refractivity contribution in [1.82, 2.24) is 24.6 Å². The number of nitrogens with zero attached hydrogens (tertiary/aromatic N) is 5. The third-order valence-electron chi connectivity index (χ3n) is 6.74. The van der Waals surface area contributed by atoms with Crippen molar-refractivity contribution in [3.05, 3.63) is 76.2 Å². The molecular formula is C27H26F3N5O. The van der Waals surface area contributed by atoms with Gasteiger partial charge in [-0.05, 0) is 69.8 Å². The summed E-state index contributed by atoms with van der Waals surface area (Å²) < 4.78 is 40.9. The number of carbonyl (C=O) groups excluding carboxylic acids is 1. The summed E-state index contributed by atoms with van der Waals surface area (Å²) in [6.45, 7) is 5.28. The SMILES string of the molecule is Cc1cc(-c2ncc3cc(C(F)(F)F)ccc3n2)ccc1C1CCn2nc(CN(C)C)c(C)c2C1=O. The Bertz CT molecular complexity index is 1490. The predicted octanol–water partition coefficient (Wildman–Crippen LogP) is 5.56. The predicted molar refractivity (Wildman–Crippen MR) is 131 cm³/mol. The van der Waals surface area contributed by atoms with Crippen LogP contribution in [-0.2, 0) is 19.3 Å². The number of halogens is 3. The molecule has 0 amide bonds. The molecule has 2 aromatic carbocycles. The number of alkyl halides is 3. The Morgan fingerprint density at radius 3 is 2.58 bits per heavy atom. The summed E-state index contributed by atoms with van der Waals surface area (Å²) in [6.07, 6.45) is -2.33. The fourth-order valence-electron chi connectivity index (χ4n) is 4.92. The number of benzene rings is 2. The van der Waals surface area contributed by atoms with Crippen molar-refractivity contribution in [3.8, 4) is 11.4 Å². The number of Topliss-reactive ketones (excluding diaryl/α,β-unsaturated/α-hetero) is 1. The minimum Gasteiger partial charge on any atom is -0.303 e. The van der Waals surface area contributed by atoms with E-state index < -0.39 is 11.7 Å². The van der Waals surface area contributed by atoms with Crippen LogP contribution in [0.1, 0.15) is 50.8 Å². The van der Waals surface area contributed by atoms with Gasteiger partial charge in [0.25, 0.3) is 0 Å². The first-order valence-electron chi connectivity index (χ1n) is 11.7. The molecule has 1 aliphatic rings. The van der Waals surface area contributed by atoms with Gasteiger partial charge in [0.15, 0.2) is 11.6 Å². The number of carbonyl (C=O) groups is 1. The molecule has 186 valence electrons. The highest BCUT2D eigenvalue weighted by Gasteiger charge is 2.34. The summed E-state index contributed by atoms with van der Waals surface area (Å²) in [5.74, 6) is 0.246. The highest BCUT2D eigenvalue weighted by Crippen LogP contribution is 2.35. The van der Waals surface area contributed by atoms with E-state index in [1.165, 1.54) is 12.3 Å². The molecule has 0 fully saturated rings. The molecule has 0 saturated heterocycles. The van der Waals surface area contributed by atoms with Crippen LogP contribution in [0.3, 0.4) is 0 Å². The Balaban J connectivity index is 1.44. The normalized spacial score (nSPS) is 16.1. The van der Waals surface area contributed by atoms with Crippen LogP contribution in [0.15, 0.2) is 42.6 Å². The average molecular weight is 494 g/mol. The molecule has 2 aromatic heterocycles. The van der Waals surface area contributed by atoms with Crippen LogP contribution in [0.5, 0.6) is 0 Å². The van der Waals surface area contributed by atoms with E-state index in [4.69, 9.17) is 0 Å². The van der Waals surface area contributed by atoms with E-state index in [1.807, 2.05) is 55.7 Å². The third kappa shape index (κ3) is 4.28. The maximum atomic E-state index is 13.5. The first kappa shape index (κ1) is 24.1. The van der Waals surface area contributed by atoms with Crippen LogP contribution < -0.4 is 0 Å². The van der Waals surface area contributed by atoms with E-state index in [0.717, 1.165) is 40.1 Å². The van der Waals surface area contributed by atoms with Crippen LogP contribution in [0, 0.1) is 13.8 Å². The monoisotopic (exact) mass is 493 g/mol. The second kappa shape index (κ2) is 8.81. The second-order valence-corrected chi connectivity index (χ2v) is 9.62. The Kier molecular flexibility index (Phi) is 5.90. The van der Waals surface area contributed by atoms with Gasteiger partial charge < -0.3 is 4.90 Å². The topological polar surface area (TPSA) is 63.9 Å². The van der Waals surface area contributed by atoms with Gasteiger partial charge in [-0.25, -0.2) is 9.97 Å². The molecule has 5 rings (SSSR count). The summed E-state index contributed by atoms with van der Waals surface area (Å²) in [5.41, 5.74) is 4.90. The lowest BCUT2D eigenvalue weighted by molar-refractivity contribution is -0.137. The lowest BCUT2D eigenvalue weighted by atomic mass is 9.84. The number of aromatic nitrogens is 4. The maximum absolute atomic E-state index is 13.5. The molecule has 6 nitrogen and oxygen atoms in total. The van der Waals surface area contributed by atoms with Gasteiger partial charge in [0.05, 0.1) is 22.7 Å². The highest BCUT2D eigenvalue weighted by atomic mass is 19.4. The molecule has 1 aliphatic heterocycles. The zero-order valence-electron chi connectivity index (χ0n) is 20.5. The molecule has 0 bridgehead atoms. The highest BCUT2D eigenvalue weighted by molar-refractivity contribution is 6.01. The Hall–Kier alpha value is -3.59. The molecular weight excluding hydrogens is 467 g/mol. The summed E-state index contributed by atoms with van der Waals surface area (Å²) in [6, 6.07) is 9.19. The Labute approximate surface area is 206 Å². The number of aryl methyl sites for hydroxylation is 2. The van der Waals surface area contributed by atoms with Crippen molar-refractivity contribution in [2.24, 2.45) is 0 Å². The van der Waals surface area contributed by atoms with E-state index in [0.29, 0.717) is 41.9 Å². The van der Waals surface area contributed by atoms with Gasteiger partial charge in [0, 0.05) is 35.8 Å². The Morgan fingerprint density at radius 2 is 1.89 bits per heavy atom. The van der Waals surface area contributed by atoms with E-state index in [2.05, 4.69) is 15.1 Å². The van der Waals surface area contributed by atoms with E-state index in [9.17, 15) is 18.0 Å². The zero-order chi connectivity index (χ0) is 25.8. The summed E-state index contributed by atoms with van der Waals surface area (Å²) in [7, 11) is 3.96. The third-order valence-corrected chi connectivity index (χ3v) is 6.74. The van der Waals surface area contributed by atoms with Crippen molar-refractivity contribution in [2.45, 2.75) is 45.5 Å². The second-order valence-electron chi connectivity index (χ2n) is 9.62. The molecule has 4 aromatic rings. The van der Waals surface area contributed by atoms with Gasteiger partial charge in [0.1, 0.15) is 5.69 Å². The largest absolute Gasteiger partial charge is 0.416 e. The van der Waals surface area contributed by atoms with E-state index in [1.54, 1.807) is 0 Å². The minimum atomic E-state index is -4.42. The van der Waals surface area contributed by atoms with Crippen LogP contribution >= 0.6 is 0 Å². The van der Waals surface area contributed by atoms with E-state index in [-0.39, 0.29) is 11.7 Å². The van der Waals surface area contributed by atoms with Gasteiger partial charge in [-0.15, -0.1) is 0 Å². The van der Waals surface area contributed by atoms with E-state index >= 15 is 0 Å². The molecule has 0 saturated carbocycles. The summed E-state index contributed by atoms with van der Waals surface area (Å²) in [4.78, 5) is 24.3. The fourth-order valence-corrected chi connectivity index (χ4v) is 4.92. The number of hydrogen-bond acceptors (Lipinski definition) is 5. The Morgan fingerprint density at radius 1 is 1.11 bits per heavy atom. The van der Waals surface area contributed by atoms with Crippen molar-refractivity contribution in [2.75, 3.05) is 14.1 Å². The first-order chi connectivity index (χ1) is 17.0. The number of rotatable bonds is 4. The van der Waals surface area contributed by atoms with Crippen LogP contribution in [-0.4, -0.2) is 44.5 Å². The molecule has 1 atom stereocenters. The number of hydrogen-bond donors (Lipinski definition) is 0. The average Bonchev–Trinajstić information content (AvgIpc) is 3.13. The van der Waals surface area contributed by atoms with Crippen LogP contribution in [0.25, 0.3) is 22.3 Å². The van der Waals surface area contributed by atoms with Crippen LogP contribution in [0.2, 0.25) is 0 Å². The van der Waals surface area contributed by atoms with Gasteiger partial charge in [-0.1, -0.05) is 12.1 Å². The maximum Gasteiger partial charge on any atom is 0.416 e. The van der Waals surface area contributed by atoms with Crippen molar-refractivity contribution < 1.29 is 18.0 Å². The molecule has 0 spiro atoms. The van der Waals surface area contributed by atoms with Crippen LogP contribution in [0.4, 0.5) is 13.2 Å². The standard InChI is InChI=1S/C27H26F3N5O/c1-15-11-17(26-31-13-18-12-19(27(28,29)30)6-8-22(18)32-26)5-7-20(15)21-9-10-35-24(25(21)36)16(2)23(33-35)14-34(3)4/h5-8,11-13,21H,9-10,14H2,1-4H3.